The summed E-state index contributed by atoms with van der Waals surface area (Å²) < 4.78 is 5.04. The first-order valence-electron chi connectivity index (χ1n) is 3.48. The van der Waals surface area contributed by atoms with Crippen molar-refractivity contribution < 1.29 is 9.94 Å². The lowest BCUT2D eigenvalue weighted by Crippen LogP contribution is -2.07. The Kier molecular flexibility index (Phi) is 3.34. The topological polar surface area (TPSA) is 41.5 Å². The van der Waals surface area contributed by atoms with Crippen molar-refractivity contribution in [3.8, 4) is 5.75 Å². The smallest absolute Gasteiger partial charge is 0.124 e. The van der Waals surface area contributed by atoms with E-state index in [9.17, 15) is 0 Å². The second-order valence-electron chi connectivity index (χ2n) is 2.26. The summed E-state index contributed by atoms with van der Waals surface area (Å²) >= 11 is 5.86. The van der Waals surface area contributed by atoms with Gasteiger partial charge in [0.05, 0.1) is 13.7 Å². The largest absolute Gasteiger partial charge is 0.496 e. The highest BCUT2D eigenvalue weighted by molar-refractivity contribution is 6.31. The molecule has 3 nitrogen and oxygen atoms in total. The summed E-state index contributed by atoms with van der Waals surface area (Å²) in [6.45, 7) is 0.281. The first kappa shape index (κ1) is 9.32. The van der Waals surface area contributed by atoms with Crippen LogP contribution in [-0.4, -0.2) is 12.3 Å². The monoisotopic (exact) mass is 187 g/mol. The van der Waals surface area contributed by atoms with Crippen LogP contribution in [0.2, 0.25) is 5.02 Å². The summed E-state index contributed by atoms with van der Waals surface area (Å²) in [7, 11) is 1.56. The second kappa shape index (κ2) is 4.30. The highest BCUT2D eigenvalue weighted by Crippen LogP contribution is 2.25. The molecule has 1 rings (SSSR count). The van der Waals surface area contributed by atoms with Gasteiger partial charge in [0.15, 0.2) is 0 Å². The van der Waals surface area contributed by atoms with Crippen LogP contribution in [0.5, 0.6) is 5.75 Å². The van der Waals surface area contributed by atoms with Gasteiger partial charge < -0.3 is 9.94 Å². The zero-order chi connectivity index (χ0) is 8.97. The van der Waals surface area contributed by atoms with Gasteiger partial charge in [-0.1, -0.05) is 17.7 Å². The van der Waals surface area contributed by atoms with Gasteiger partial charge in [-0.15, -0.1) is 0 Å². The van der Waals surface area contributed by atoms with E-state index in [1.165, 1.54) is 0 Å². The molecule has 4 heteroatoms. The first-order chi connectivity index (χ1) is 5.79. The van der Waals surface area contributed by atoms with Gasteiger partial charge in [0.25, 0.3) is 0 Å². The Hall–Kier alpha value is -0.770. The third-order valence-electron chi connectivity index (χ3n) is 1.55. The highest BCUT2D eigenvalue weighted by Gasteiger charge is 2.05. The molecule has 1 aromatic carbocycles. The van der Waals surface area contributed by atoms with E-state index in [1.807, 2.05) is 5.48 Å². The molecule has 12 heavy (non-hydrogen) atoms. The van der Waals surface area contributed by atoms with Gasteiger partial charge in [0.1, 0.15) is 5.75 Å². The number of halogens is 1. The van der Waals surface area contributed by atoms with Gasteiger partial charge in [0.2, 0.25) is 0 Å². The first-order valence-corrected chi connectivity index (χ1v) is 3.85. The van der Waals surface area contributed by atoms with Crippen LogP contribution in [0.1, 0.15) is 5.56 Å². The molecule has 66 valence electrons. The van der Waals surface area contributed by atoms with Crippen LogP contribution in [0.25, 0.3) is 0 Å². The molecule has 0 fully saturated rings. The van der Waals surface area contributed by atoms with E-state index >= 15 is 0 Å². The second-order valence-corrected chi connectivity index (χ2v) is 2.66. The lowest BCUT2D eigenvalue weighted by atomic mass is 10.2. The predicted molar refractivity (Wildman–Crippen MR) is 46.6 cm³/mol. The molecule has 0 aliphatic carbocycles. The third kappa shape index (κ3) is 1.88. The Morgan fingerprint density at radius 3 is 2.92 bits per heavy atom. The molecule has 0 amide bonds. The van der Waals surface area contributed by atoms with Crippen molar-refractivity contribution in [2.24, 2.45) is 0 Å². The van der Waals surface area contributed by atoms with Crippen molar-refractivity contribution in [3.05, 3.63) is 28.8 Å². The average molecular weight is 188 g/mol. The molecular weight excluding hydrogens is 178 g/mol. The van der Waals surface area contributed by atoms with Gasteiger partial charge in [-0.2, -0.15) is 0 Å². The van der Waals surface area contributed by atoms with Crippen LogP contribution in [0.3, 0.4) is 0 Å². The number of rotatable bonds is 3. The lowest BCUT2D eigenvalue weighted by molar-refractivity contribution is 0.160. The molecule has 0 bridgehead atoms. The maximum absolute atomic E-state index is 8.50. The van der Waals surface area contributed by atoms with E-state index in [2.05, 4.69) is 0 Å². The molecule has 0 radical (unpaired) electrons. The van der Waals surface area contributed by atoms with Crippen molar-refractivity contribution in [3.63, 3.8) is 0 Å². The van der Waals surface area contributed by atoms with E-state index < -0.39 is 0 Å². The third-order valence-corrected chi connectivity index (χ3v) is 1.91. The fourth-order valence-corrected chi connectivity index (χ4v) is 1.21. The van der Waals surface area contributed by atoms with E-state index in [1.54, 1.807) is 25.3 Å². The number of benzene rings is 1. The number of methoxy groups -OCH3 is 1. The molecule has 1 aromatic rings. The minimum atomic E-state index is 0.281. The summed E-state index contributed by atoms with van der Waals surface area (Å²) in [6.07, 6.45) is 0. The molecule has 0 saturated heterocycles. The van der Waals surface area contributed by atoms with Crippen molar-refractivity contribution in [1.29, 1.82) is 0 Å². The molecule has 2 N–H and O–H groups in total. The minimum absolute atomic E-state index is 0.281. The molecule has 0 atom stereocenters. The highest BCUT2D eigenvalue weighted by atomic mass is 35.5. The maximum atomic E-state index is 8.50. The molecule has 0 aliphatic heterocycles. The lowest BCUT2D eigenvalue weighted by Gasteiger charge is -2.08. The predicted octanol–water partition coefficient (Wildman–Crippen LogP) is 1.83. The average Bonchev–Trinajstić information content (AvgIpc) is 2.09. The fourth-order valence-electron chi connectivity index (χ4n) is 0.981. The Labute approximate surface area is 75.9 Å². The van der Waals surface area contributed by atoms with Crippen molar-refractivity contribution in [2.75, 3.05) is 7.11 Å². The number of hydroxylamine groups is 1. The fraction of sp³-hybridized carbons (Fsp3) is 0.250. The number of ether oxygens (including phenoxy) is 1. The molecule has 0 aromatic heterocycles. The minimum Gasteiger partial charge on any atom is -0.496 e. The summed E-state index contributed by atoms with van der Waals surface area (Å²) in [6, 6.07) is 5.33. The molecule has 0 spiro atoms. The number of nitrogens with one attached hydrogen (secondary N) is 1. The SMILES string of the molecule is COc1cccc(Cl)c1CNO. The van der Waals surface area contributed by atoms with Crippen LogP contribution in [-0.2, 0) is 6.54 Å². The van der Waals surface area contributed by atoms with E-state index in [4.69, 9.17) is 21.5 Å². The quantitative estimate of drug-likeness (QED) is 0.710. The van der Waals surface area contributed by atoms with Crippen LogP contribution < -0.4 is 10.2 Å². The van der Waals surface area contributed by atoms with Gasteiger partial charge in [-0.3, -0.25) is 0 Å². The molecule has 0 saturated carbocycles. The number of hydrogen-bond acceptors (Lipinski definition) is 3. The van der Waals surface area contributed by atoms with Crippen LogP contribution >= 0.6 is 11.6 Å². The van der Waals surface area contributed by atoms with Gasteiger partial charge >= 0.3 is 0 Å². The van der Waals surface area contributed by atoms with Gasteiger partial charge in [-0.25, -0.2) is 5.48 Å². The zero-order valence-corrected chi connectivity index (χ0v) is 7.43. The maximum Gasteiger partial charge on any atom is 0.124 e. The number of hydrogen-bond donors (Lipinski definition) is 2. The van der Waals surface area contributed by atoms with Gasteiger partial charge in [-0.05, 0) is 12.1 Å². The molecule has 0 heterocycles. The van der Waals surface area contributed by atoms with Crippen molar-refractivity contribution >= 4 is 11.6 Å². The molecular formula is C8H10ClNO2. The van der Waals surface area contributed by atoms with E-state index in [0.717, 1.165) is 5.56 Å². The summed E-state index contributed by atoms with van der Waals surface area (Å²) in [5.41, 5.74) is 2.79. The van der Waals surface area contributed by atoms with E-state index in [0.29, 0.717) is 10.8 Å². The summed E-state index contributed by atoms with van der Waals surface area (Å²) in [5.74, 6) is 0.670. The Morgan fingerprint density at radius 2 is 2.33 bits per heavy atom. The zero-order valence-electron chi connectivity index (χ0n) is 6.67. The van der Waals surface area contributed by atoms with Crippen molar-refractivity contribution in [2.45, 2.75) is 6.54 Å². The Bertz CT molecular complexity index is 265. The Morgan fingerprint density at radius 1 is 1.58 bits per heavy atom. The summed E-state index contributed by atoms with van der Waals surface area (Å²) in [4.78, 5) is 0. The Balaban J connectivity index is 3.02. The van der Waals surface area contributed by atoms with E-state index in [-0.39, 0.29) is 6.54 Å². The normalized spacial score (nSPS) is 9.92. The molecule has 0 unspecified atom stereocenters. The molecule has 0 aliphatic rings. The van der Waals surface area contributed by atoms with Gasteiger partial charge in [0, 0.05) is 10.6 Å². The van der Waals surface area contributed by atoms with Crippen LogP contribution in [0.4, 0.5) is 0 Å². The summed E-state index contributed by atoms with van der Waals surface area (Å²) in [5, 5.41) is 9.08. The van der Waals surface area contributed by atoms with Crippen LogP contribution in [0.15, 0.2) is 18.2 Å². The van der Waals surface area contributed by atoms with Crippen LogP contribution in [0, 0.1) is 0 Å². The standard InChI is InChI=1S/C8H10ClNO2/c1-12-8-4-2-3-7(9)6(8)5-10-11/h2-4,10-11H,5H2,1H3. The van der Waals surface area contributed by atoms with Crippen molar-refractivity contribution in [1.82, 2.24) is 5.48 Å².